The third-order valence-electron chi connectivity index (χ3n) is 1.74. The van der Waals surface area contributed by atoms with Crippen molar-refractivity contribution < 1.29 is 9.15 Å². The topological polar surface area (TPSA) is 34.4 Å². The quantitative estimate of drug-likeness (QED) is 0.675. The number of nitrogens with one attached hydrogen (secondary N) is 1. The highest BCUT2D eigenvalue weighted by molar-refractivity contribution is 5.13. The molecule has 1 rings (SSSR count). The molecule has 1 aromatic rings. The molecule has 0 aliphatic carbocycles. The van der Waals surface area contributed by atoms with Gasteiger partial charge in [0.05, 0.1) is 19.4 Å². The maximum Gasteiger partial charge on any atom is 0.120 e. The zero-order chi connectivity index (χ0) is 8.81. The average molecular weight is 169 g/mol. The molecule has 1 N–H and O–H groups in total. The van der Waals surface area contributed by atoms with Crippen molar-refractivity contribution in [2.75, 3.05) is 20.3 Å². The van der Waals surface area contributed by atoms with Crippen molar-refractivity contribution >= 4 is 0 Å². The number of methoxy groups -OCH3 is 1. The van der Waals surface area contributed by atoms with Gasteiger partial charge in [0.2, 0.25) is 0 Å². The smallest absolute Gasteiger partial charge is 0.120 e. The summed E-state index contributed by atoms with van der Waals surface area (Å²) in [5.41, 5.74) is 1.19. The summed E-state index contributed by atoms with van der Waals surface area (Å²) in [5.74, 6) is 1.01. The number of aryl methyl sites for hydroxylation is 1. The molecule has 0 saturated carbocycles. The fourth-order valence-corrected chi connectivity index (χ4v) is 0.961. The second-order valence-corrected chi connectivity index (χ2v) is 2.70. The summed E-state index contributed by atoms with van der Waals surface area (Å²) in [4.78, 5) is 0. The second kappa shape index (κ2) is 4.95. The molecule has 0 unspecified atom stereocenters. The van der Waals surface area contributed by atoms with Crippen LogP contribution in [0.3, 0.4) is 0 Å². The van der Waals surface area contributed by atoms with E-state index in [9.17, 15) is 0 Å². The molecule has 0 amide bonds. The third-order valence-corrected chi connectivity index (χ3v) is 1.74. The lowest BCUT2D eigenvalue weighted by atomic mass is 10.3. The first-order valence-electron chi connectivity index (χ1n) is 4.07. The van der Waals surface area contributed by atoms with E-state index in [0.717, 1.165) is 25.5 Å². The van der Waals surface area contributed by atoms with Crippen LogP contribution < -0.4 is 5.32 Å². The van der Waals surface area contributed by atoms with Gasteiger partial charge in [0.15, 0.2) is 0 Å². The van der Waals surface area contributed by atoms with Gasteiger partial charge < -0.3 is 14.5 Å². The molecule has 1 aromatic heterocycles. The number of ether oxygens (including phenoxy) is 1. The van der Waals surface area contributed by atoms with E-state index >= 15 is 0 Å². The van der Waals surface area contributed by atoms with Gasteiger partial charge in [-0.3, -0.25) is 0 Å². The fraction of sp³-hybridized carbons (Fsp3) is 0.556. The van der Waals surface area contributed by atoms with Gasteiger partial charge in [0, 0.05) is 13.7 Å². The lowest BCUT2D eigenvalue weighted by Gasteiger charge is -2.01. The second-order valence-electron chi connectivity index (χ2n) is 2.70. The lowest BCUT2D eigenvalue weighted by molar-refractivity contribution is 0.198. The highest BCUT2D eigenvalue weighted by atomic mass is 16.5. The molecule has 0 atom stereocenters. The lowest BCUT2D eigenvalue weighted by Crippen LogP contribution is -2.18. The minimum absolute atomic E-state index is 0.736. The molecule has 0 saturated heterocycles. The highest BCUT2D eigenvalue weighted by Gasteiger charge is 1.99. The summed E-state index contributed by atoms with van der Waals surface area (Å²) in [6.45, 7) is 4.41. The third kappa shape index (κ3) is 2.68. The summed E-state index contributed by atoms with van der Waals surface area (Å²) >= 11 is 0. The SMILES string of the molecule is COCCNCc1occc1C. The molecule has 1 heterocycles. The van der Waals surface area contributed by atoms with E-state index in [1.54, 1.807) is 13.4 Å². The van der Waals surface area contributed by atoms with Gasteiger partial charge in [-0.1, -0.05) is 0 Å². The maximum absolute atomic E-state index is 5.24. The summed E-state index contributed by atoms with van der Waals surface area (Å²) < 4.78 is 10.1. The van der Waals surface area contributed by atoms with Crippen molar-refractivity contribution in [1.82, 2.24) is 5.32 Å². The first-order chi connectivity index (χ1) is 5.84. The predicted molar refractivity (Wildman–Crippen MR) is 47.0 cm³/mol. The van der Waals surface area contributed by atoms with Gasteiger partial charge in [0.1, 0.15) is 5.76 Å². The first-order valence-corrected chi connectivity index (χ1v) is 4.07. The molecular weight excluding hydrogens is 154 g/mol. The van der Waals surface area contributed by atoms with Crippen LogP contribution in [0.15, 0.2) is 16.7 Å². The fourth-order valence-electron chi connectivity index (χ4n) is 0.961. The summed E-state index contributed by atoms with van der Waals surface area (Å²) in [7, 11) is 1.69. The van der Waals surface area contributed by atoms with E-state index < -0.39 is 0 Å². The minimum Gasteiger partial charge on any atom is -0.468 e. The Hall–Kier alpha value is -0.800. The van der Waals surface area contributed by atoms with Crippen LogP contribution in [0.5, 0.6) is 0 Å². The number of hydrogen-bond donors (Lipinski definition) is 1. The van der Waals surface area contributed by atoms with Crippen LogP contribution in [-0.4, -0.2) is 20.3 Å². The van der Waals surface area contributed by atoms with Crippen molar-refractivity contribution in [2.45, 2.75) is 13.5 Å². The Balaban J connectivity index is 2.20. The zero-order valence-electron chi connectivity index (χ0n) is 7.59. The summed E-state index contributed by atoms with van der Waals surface area (Å²) in [6.07, 6.45) is 1.71. The van der Waals surface area contributed by atoms with Gasteiger partial charge in [-0.15, -0.1) is 0 Å². The van der Waals surface area contributed by atoms with Crippen molar-refractivity contribution in [3.05, 3.63) is 23.7 Å². The van der Waals surface area contributed by atoms with Crippen LogP contribution in [0.2, 0.25) is 0 Å². The summed E-state index contributed by atoms with van der Waals surface area (Å²) in [6, 6.07) is 1.97. The predicted octanol–water partition coefficient (Wildman–Crippen LogP) is 1.32. The number of hydrogen-bond acceptors (Lipinski definition) is 3. The average Bonchev–Trinajstić information content (AvgIpc) is 2.46. The monoisotopic (exact) mass is 169 g/mol. The number of furan rings is 1. The van der Waals surface area contributed by atoms with E-state index in [4.69, 9.17) is 9.15 Å². The van der Waals surface area contributed by atoms with E-state index in [2.05, 4.69) is 5.32 Å². The van der Waals surface area contributed by atoms with Gasteiger partial charge in [-0.25, -0.2) is 0 Å². The van der Waals surface area contributed by atoms with Crippen molar-refractivity contribution in [2.24, 2.45) is 0 Å². The van der Waals surface area contributed by atoms with Crippen LogP contribution in [-0.2, 0) is 11.3 Å². The van der Waals surface area contributed by atoms with E-state index in [0.29, 0.717) is 0 Å². The van der Waals surface area contributed by atoms with Crippen molar-refractivity contribution in [1.29, 1.82) is 0 Å². The molecule has 0 bridgehead atoms. The largest absolute Gasteiger partial charge is 0.468 e. The zero-order valence-corrected chi connectivity index (χ0v) is 7.59. The number of rotatable bonds is 5. The van der Waals surface area contributed by atoms with Crippen LogP contribution in [0.1, 0.15) is 11.3 Å². The Morgan fingerprint density at radius 3 is 3.00 bits per heavy atom. The molecule has 0 spiro atoms. The van der Waals surface area contributed by atoms with Gasteiger partial charge >= 0.3 is 0 Å². The first kappa shape index (κ1) is 9.29. The molecule has 0 fully saturated rings. The Morgan fingerprint density at radius 2 is 2.42 bits per heavy atom. The van der Waals surface area contributed by atoms with Gasteiger partial charge in [-0.05, 0) is 18.6 Å². The molecule has 0 aliphatic heterocycles. The Kier molecular flexibility index (Phi) is 3.84. The molecule has 3 heteroatoms. The Labute approximate surface area is 72.7 Å². The Morgan fingerprint density at radius 1 is 1.58 bits per heavy atom. The van der Waals surface area contributed by atoms with Gasteiger partial charge in [0.25, 0.3) is 0 Å². The van der Waals surface area contributed by atoms with E-state index in [1.165, 1.54) is 5.56 Å². The normalized spacial score (nSPS) is 10.5. The molecular formula is C9H15NO2. The van der Waals surface area contributed by atoms with Crippen molar-refractivity contribution in [3.8, 4) is 0 Å². The summed E-state index contributed by atoms with van der Waals surface area (Å²) in [5, 5.41) is 3.21. The van der Waals surface area contributed by atoms with Crippen LogP contribution >= 0.6 is 0 Å². The molecule has 0 aliphatic rings. The molecule has 0 aromatic carbocycles. The van der Waals surface area contributed by atoms with Crippen molar-refractivity contribution in [3.63, 3.8) is 0 Å². The van der Waals surface area contributed by atoms with Crippen LogP contribution in [0.25, 0.3) is 0 Å². The van der Waals surface area contributed by atoms with E-state index in [1.807, 2.05) is 13.0 Å². The van der Waals surface area contributed by atoms with Crippen LogP contribution in [0.4, 0.5) is 0 Å². The highest BCUT2D eigenvalue weighted by Crippen LogP contribution is 2.07. The molecule has 68 valence electrons. The minimum atomic E-state index is 0.736. The molecule has 0 radical (unpaired) electrons. The molecule has 12 heavy (non-hydrogen) atoms. The molecule has 3 nitrogen and oxygen atoms in total. The van der Waals surface area contributed by atoms with Gasteiger partial charge in [-0.2, -0.15) is 0 Å². The van der Waals surface area contributed by atoms with Crippen LogP contribution in [0, 0.1) is 6.92 Å². The Bertz CT molecular complexity index is 220. The van der Waals surface area contributed by atoms with E-state index in [-0.39, 0.29) is 0 Å². The standard InChI is InChI=1S/C9H15NO2/c1-8-3-5-12-9(8)7-10-4-6-11-2/h3,5,10H,4,6-7H2,1-2H3. The maximum atomic E-state index is 5.24.